The lowest BCUT2D eigenvalue weighted by Gasteiger charge is -2.08. The number of anilines is 1. The fourth-order valence-electron chi connectivity index (χ4n) is 2.06. The quantitative estimate of drug-likeness (QED) is 0.776. The Kier molecular flexibility index (Phi) is 6.47. The van der Waals surface area contributed by atoms with Crippen molar-refractivity contribution in [1.82, 2.24) is 15.1 Å². The van der Waals surface area contributed by atoms with Gasteiger partial charge in [0.1, 0.15) is 6.54 Å². The molecule has 1 aliphatic rings. The SMILES string of the molecule is COC(=O)Cn1ccc(NC(=O)CC2CCCN2)n1.Cl. The van der Waals surface area contributed by atoms with E-state index in [0.29, 0.717) is 12.2 Å². The Balaban J connectivity index is 0.00000200. The van der Waals surface area contributed by atoms with E-state index in [9.17, 15) is 9.59 Å². The van der Waals surface area contributed by atoms with Crippen LogP contribution in [0.2, 0.25) is 0 Å². The van der Waals surface area contributed by atoms with Gasteiger partial charge in [0.05, 0.1) is 7.11 Å². The summed E-state index contributed by atoms with van der Waals surface area (Å²) < 4.78 is 5.96. The zero-order chi connectivity index (χ0) is 13.7. The first kappa shape index (κ1) is 16.5. The van der Waals surface area contributed by atoms with Crippen molar-refractivity contribution in [3.05, 3.63) is 12.3 Å². The minimum atomic E-state index is -0.379. The number of aromatic nitrogens is 2. The maximum absolute atomic E-state index is 11.8. The van der Waals surface area contributed by atoms with Crippen LogP contribution in [0.3, 0.4) is 0 Å². The van der Waals surface area contributed by atoms with Gasteiger partial charge in [0.25, 0.3) is 0 Å². The molecule has 2 N–H and O–H groups in total. The number of amides is 1. The minimum Gasteiger partial charge on any atom is -0.468 e. The molecule has 112 valence electrons. The van der Waals surface area contributed by atoms with E-state index in [1.165, 1.54) is 11.8 Å². The van der Waals surface area contributed by atoms with Gasteiger partial charge in [-0.2, -0.15) is 5.10 Å². The number of esters is 1. The first-order valence-electron chi connectivity index (χ1n) is 6.31. The van der Waals surface area contributed by atoms with E-state index in [0.717, 1.165) is 19.4 Å². The molecule has 1 saturated heterocycles. The Morgan fingerprint density at radius 1 is 1.60 bits per heavy atom. The van der Waals surface area contributed by atoms with Gasteiger partial charge in [-0.05, 0) is 19.4 Å². The number of hydrogen-bond acceptors (Lipinski definition) is 5. The largest absolute Gasteiger partial charge is 0.468 e. The lowest BCUT2D eigenvalue weighted by molar-refractivity contribution is -0.141. The molecule has 0 radical (unpaired) electrons. The van der Waals surface area contributed by atoms with Gasteiger partial charge in [0, 0.05) is 24.7 Å². The second-order valence-corrected chi connectivity index (χ2v) is 4.52. The third kappa shape index (κ3) is 4.82. The highest BCUT2D eigenvalue weighted by Gasteiger charge is 2.18. The minimum absolute atomic E-state index is 0. The molecule has 20 heavy (non-hydrogen) atoms. The molecule has 0 spiro atoms. The molecule has 8 heteroatoms. The van der Waals surface area contributed by atoms with Crippen LogP contribution < -0.4 is 10.6 Å². The molecule has 1 amide bonds. The third-order valence-electron chi connectivity index (χ3n) is 3.02. The van der Waals surface area contributed by atoms with E-state index in [1.807, 2.05) is 0 Å². The fourth-order valence-corrected chi connectivity index (χ4v) is 2.06. The van der Waals surface area contributed by atoms with Crippen molar-refractivity contribution < 1.29 is 14.3 Å². The van der Waals surface area contributed by atoms with Gasteiger partial charge in [-0.25, -0.2) is 0 Å². The van der Waals surface area contributed by atoms with E-state index in [4.69, 9.17) is 0 Å². The number of ether oxygens (including phenoxy) is 1. The number of methoxy groups -OCH3 is 1. The third-order valence-corrected chi connectivity index (χ3v) is 3.02. The van der Waals surface area contributed by atoms with Crippen LogP contribution in [0.25, 0.3) is 0 Å². The Bertz CT molecular complexity index is 457. The van der Waals surface area contributed by atoms with Crippen LogP contribution >= 0.6 is 12.4 Å². The number of carbonyl (C=O) groups excluding carboxylic acids is 2. The fraction of sp³-hybridized carbons (Fsp3) is 0.583. The summed E-state index contributed by atoms with van der Waals surface area (Å²) in [5.41, 5.74) is 0. The van der Waals surface area contributed by atoms with Crippen LogP contribution in [0.5, 0.6) is 0 Å². The Morgan fingerprint density at radius 3 is 3.05 bits per heavy atom. The van der Waals surface area contributed by atoms with E-state index in [1.54, 1.807) is 12.3 Å². The molecule has 1 aromatic rings. The van der Waals surface area contributed by atoms with Gasteiger partial charge in [0.2, 0.25) is 5.91 Å². The highest BCUT2D eigenvalue weighted by molar-refractivity contribution is 5.90. The summed E-state index contributed by atoms with van der Waals surface area (Å²) in [4.78, 5) is 22.8. The summed E-state index contributed by atoms with van der Waals surface area (Å²) in [6, 6.07) is 1.92. The van der Waals surface area contributed by atoms with E-state index in [2.05, 4.69) is 20.5 Å². The van der Waals surface area contributed by atoms with Gasteiger partial charge >= 0.3 is 5.97 Å². The summed E-state index contributed by atoms with van der Waals surface area (Å²) >= 11 is 0. The Hall–Kier alpha value is -1.60. The number of halogens is 1. The molecule has 0 aromatic carbocycles. The molecule has 0 saturated carbocycles. The number of hydrogen-bond donors (Lipinski definition) is 2. The van der Waals surface area contributed by atoms with Crippen molar-refractivity contribution in [3.63, 3.8) is 0 Å². The lowest BCUT2D eigenvalue weighted by Crippen LogP contribution is -2.27. The van der Waals surface area contributed by atoms with Crippen molar-refractivity contribution >= 4 is 30.1 Å². The molecular weight excluding hydrogens is 284 g/mol. The molecule has 7 nitrogen and oxygen atoms in total. The van der Waals surface area contributed by atoms with Crippen molar-refractivity contribution in [1.29, 1.82) is 0 Å². The highest BCUT2D eigenvalue weighted by atomic mass is 35.5. The molecule has 2 rings (SSSR count). The standard InChI is InChI=1S/C12H18N4O3.ClH/c1-19-12(18)8-16-6-4-10(15-16)14-11(17)7-9-3-2-5-13-9;/h4,6,9,13H,2-3,5,7-8H2,1H3,(H,14,15,17);1H. The van der Waals surface area contributed by atoms with Gasteiger partial charge in [-0.15, -0.1) is 12.4 Å². The molecule has 0 bridgehead atoms. The number of nitrogens with zero attached hydrogens (tertiary/aromatic N) is 2. The van der Waals surface area contributed by atoms with E-state index < -0.39 is 0 Å². The number of carbonyl (C=O) groups is 2. The second-order valence-electron chi connectivity index (χ2n) is 4.52. The highest BCUT2D eigenvalue weighted by Crippen LogP contribution is 2.10. The maximum Gasteiger partial charge on any atom is 0.327 e. The molecule has 1 atom stereocenters. The monoisotopic (exact) mass is 302 g/mol. The van der Waals surface area contributed by atoms with Crippen LogP contribution in [0.15, 0.2) is 12.3 Å². The summed E-state index contributed by atoms with van der Waals surface area (Å²) in [7, 11) is 1.32. The molecule has 1 aliphatic heterocycles. The molecule has 1 aromatic heterocycles. The van der Waals surface area contributed by atoms with Crippen molar-refractivity contribution in [2.24, 2.45) is 0 Å². The van der Waals surface area contributed by atoms with Crippen LogP contribution in [0.1, 0.15) is 19.3 Å². The summed E-state index contributed by atoms with van der Waals surface area (Å²) in [5.74, 6) is 0.00532. The number of nitrogens with one attached hydrogen (secondary N) is 2. The second kappa shape index (κ2) is 7.86. The number of rotatable bonds is 5. The van der Waals surface area contributed by atoms with Gasteiger partial charge in [-0.3, -0.25) is 14.3 Å². The average molecular weight is 303 g/mol. The van der Waals surface area contributed by atoms with Gasteiger partial charge in [0.15, 0.2) is 5.82 Å². The van der Waals surface area contributed by atoms with Crippen molar-refractivity contribution in [3.8, 4) is 0 Å². The summed E-state index contributed by atoms with van der Waals surface area (Å²) in [6.45, 7) is 1.02. The van der Waals surface area contributed by atoms with Crippen LogP contribution in [0.4, 0.5) is 5.82 Å². The maximum atomic E-state index is 11.8. The Labute approximate surface area is 123 Å². The van der Waals surface area contributed by atoms with Crippen molar-refractivity contribution in [2.45, 2.75) is 31.8 Å². The van der Waals surface area contributed by atoms with Gasteiger partial charge < -0.3 is 15.4 Å². The predicted octanol–water partition coefficient (Wildman–Crippen LogP) is 0.558. The summed E-state index contributed by atoms with van der Waals surface area (Å²) in [6.07, 6.45) is 4.22. The predicted molar refractivity (Wildman–Crippen MR) is 75.8 cm³/mol. The first-order chi connectivity index (χ1) is 9.17. The molecule has 1 unspecified atom stereocenters. The van der Waals surface area contributed by atoms with Gasteiger partial charge in [-0.1, -0.05) is 0 Å². The molecular formula is C12H19ClN4O3. The molecule has 0 aliphatic carbocycles. The van der Waals surface area contributed by atoms with E-state index >= 15 is 0 Å². The van der Waals surface area contributed by atoms with Crippen LogP contribution in [-0.2, 0) is 20.9 Å². The zero-order valence-electron chi connectivity index (χ0n) is 11.3. The van der Waals surface area contributed by atoms with Crippen LogP contribution in [-0.4, -0.2) is 41.4 Å². The molecule has 2 heterocycles. The zero-order valence-corrected chi connectivity index (χ0v) is 12.1. The normalized spacial score (nSPS) is 17.4. The summed E-state index contributed by atoms with van der Waals surface area (Å²) in [5, 5.41) is 10.1. The topological polar surface area (TPSA) is 85.2 Å². The lowest BCUT2D eigenvalue weighted by atomic mass is 10.1. The first-order valence-corrected chi connectivity index (χ1v) is 6.31. The molecule has 1 fully saturated rings. The van der Waals surface area contributed by atoms with Crippen LogP contribution in [0, 0.1) is 0 Å². The average Bonchev–Trinajstić information content (AvgIpc) is 3.01. The smallest absolute Gasteiger partial charge is 0.327 e. The van der Waals surface area contributed by atoms with Crippen molar-refractivity contribution in [2.75, 3.05) is 19.0 Å². The van der Waals surface area contributed by atoms with E-state index in [-0.39, 0.29) is 36.9 Å². The Morgan fingerprint density at radius 2 is 2.40 bits per heavy atom.